The Morgan fingerprint density at radius 2 is 2.19 bits per heavy atom. The van der Waals surface area contributed by atoms with E-state index in [4.69, 9.17) is 5.73 Å². The number of aromatic nitrogens is 2. The Morgan fingerprint density at radius 3 is 2.81 bits per heavy atom. The van der Waals surface area contributed by atoms with E-state index in [1.165, 1.54) is 22.3 Å². The topological polar surface area (TPSA) is 47.1 Å². The third-order valence-corrected chi connectivity index (χ3v) is 3.98. The largest absolute Gasteiger partial charge is 0.326 e. The summed E-state index contributed by atoms with van der Waals surface area (Å²) < 4.78 is 1.85. The van der Waals surface area contributed by atoms with Crippen molar-refractivity contribution < 1.29 is 0 Å². The molecule has 21 heavy (non-hydrogen) atoms. The van der Waals surface area contributed by atoms with Crippen LogP contribution in [0.5, 0.6) is 0 Å². The zero-order valence-corrected chi connectivity index (χ0v) is 13.4. The fraction of sp³-hybridized carbons (Fsp3) is 0.438. The van der Waals surface area contributed by atoms with Gasteiger partial charge in [0.15, 0.2) is 0 Å². The maximum Gasteiger partial charge on any atom is 0.0568 e. The summed E-state index contributed by atoms with van der Waals surface area (Å²) >= 11 is 0. The van der Waals surface area contributed by atoms with Gasteiger partial charge >= 0.3 is 0 Å². The van der Waals surface area contributed by atoms with Crippen LogP contribution >= 0.6 is 12.4 Å². The molecule has 1 fully saturated rings. The van der Waals surface area contributed by atoms with Crippen LogP contribution in [0.25, 0.3) is 11.1 Å². The smallest absolute Gasteiger partial charge is 0.0568 e. The van der Waals surface area contributed by atoms with Gasteiger partial charge in [-0.1, -0.05) is 23.8 Å². The first kappa shape index (κ1) is 16.0. The molecule has 1 aliphatic rings. The summed E-state index contributed by atoms with van der Waals surface area (Å²) in [6, 6.07) is 7.01. The Balaban J connectivity index is 0.00000161. The minimum atomic E-state index is 0. The average Bonchev–Trinajstić information content (AvgIpc) is 3.01. The molecule has 1 aromatic carbocycles. The van der Waals surface area contributed by atoms with Gasteiger partial charge < -0.3 is 5.73 Å². The molecule has 114 valence electrons. The number of likely N-dealkylation sites (tertiary alicyclic amines) is 1. The summed E-state index contributed by atoms with van der Waals surface area (Å²) in [6.07, 6.45) is 5.12. The van der Waals surface area contributed by atoms with Crippen LogP contribution in [-0.4, -0.2) is 33.8 Å². The first-order chi connectivity index (χ1) is 9.61. The van der Waals surface area contributed by atoms with E-state index in [1.54, 1.807) is 0 Å². The second kappa shape index (κ2) is 6.60. The van der Waals surface area contributed by atoms with Crippen LogP contribution in [0, 0.1) is 6.92 Å². The third-order valence-electron chi connectivity index (χ3n) is 3.98. The van der Waals surface area contributed by atoms with E-state index in [1.807, 2.05) is 17.9 Å². The van der Waals surface area contributed by atoms with E-state index in [-0.39, 0.29) is 12.4 Å². The number of hydrogen-bond acceptors (Lipinski definition) is 3. The summed E-state index contributed by atoms with van der Waals surface area (Å²) in [7, 11) is 1.96. The van der Waals surface area contributed by atoms with Crippen molar-refractivity contribution in [3.05, 3.63) is 41.7 Å². The highest BCUT2D eigenvalue weighted by atomic mass is 35.5. The van der Waals surface area contributed by atoms with Gasteiger partial charge in [0, 0.05) is 44.5 Å². The standard InChI is InChI=1S/C16H22N4.ClH/c1-12-3-4-13(10-20-6-5-15(17)11-20)16(7-12)14-8-18-19(2)9-14;/h3-4,7-9,15H,5-6,10-11,17H2,1-2H3;1H. The molecular weight excluding hydrogens is 284 g/mol. The number of nitrogens with two attached hydrogens (primary N) is 1. The SMILES string of the molecule is Cc1ccc(CN2CCC(N)C2)c(-c2cnn(C)c2)c1.Cl. The van der Waals surface area contributed by atoms with E-state index in [0.29, 0.717) is 6.04 Å². The molecule has 4 nitrogen and oxygen atoms in total. The monoisotopic (exact) mass is 306 g/mol. The van der Waals surface area contributed by atoms with Gasteiger partial charge in [0.2, 0.25) is 0 Å². The maximum absolute atomic E-state index is 6.00. The van der Waals surface area contributed by atoms with Crippen molar-refractivity contribution in [1.29, 1.82) is 0 Å². The van der Waals surface area contributed by atoms with Gasteiger partial charge in [-0.2, -0.15) is 5.10 Å². The first-order valence-corrected chi connectivity index (χ1v) is 7.18. The molecule has 3 rings (SSSR count). The molecule has 2 N–H and O–H groups in total. The molecule has 0 aliphatic carbocycles. The van der Waals surface area contributed by atoms with E-state index in [2.05, 4.69) is 41.3 Å². The predicted octanol–water partition coefficient (Wildman–Crippen LogP) is 2.35. The number of rotatable bonds is 3. The molecule has 0 saturated carbocycles. The van der Waals surface area contributed by atoms with Crippen LogP contribution in [0.2, 0.25) is 0 Å². The van der Waals surface area contributed by atoms with E-state index in [0.717, 1.165) is 26.1 Å². The summed E-state index contributed by atoms with van der Waals surface area (Å²) in [5.41, 5.74) is 11.1. The molecule has 1 saturated heterocycles. The second-order valence-electron chi connectivity index (χ2n) is 5.85. The lowest BCUT2D eigenvalue weighted by Gasteiger charge is -2.18. The third kappa shape index (κ3) is 3.64. The number of aryl methyl sites for hydroxylation is 2. The molecule has 0 spiro atoms. The van der Waals surface area contributed by atoms with Gasteiger partial charge in [-0.05, 0) is 24.5 Å². The highest BCUT2D eigenvalue weighted by Gasteiger charge is 2.20. The van der Waals surface area contributed by atoms with Gasteiger partial charge in [-0.3, -0.25) is 9.58 Å². The first-order valence-electron chi connectivity index (χ1n) is 7.18. The molecule has 2 heterocycles. The lowest BCUT2D eigenvalue weighted by atomic mass is 9.99. The van der Waals surface area contributed by atoms with Crippen LogP contribution in [-0.2, 0) is 13.6 Å². The number of hydrogen-bond donors (Lipinski definition) is 1. The van der Waals surface area contributed by atoms with Crippen molar-refractivity contribution in [3.63, 3.8) is 0 Å². The van der Waals surface area contributed by atoms with Crippen molar-refractivity contribution in [1.82, 2.24) is 14.7 Å². The Labute approximate surface area is 132 Å². The molecule has 0 bridgehead atoms. The van der Waals surface area contributed by atoms with Crippen LogP contribution in [0.3, 0.4) is 0 Å². The van der Waals surface area contributed by atoms with Gasteiger partial charge in [0.1, 0.15) is 0 Å². The normalized spacial score (nSPS) is 18.7. The lowest BCUT2D eigenvalue weighted by Crippen LogP contribution is -2.26. The summed E-state index contributed by atoms with van der Waals surface area (Å²) in [4.78, 5) is 2.44. The van der Waals surface area contributed by atoms with Crippen molar-refractivity contribution in [2.45, 2.75) is 25.9 Å². The van der Waals surface area contributed by atoms with E-state index < -0.39 is 0 Å². The summed E-state index contributed by atoms with van der Waals surface area (Å²) in [5, 5.41) is 4.29. The highest BCUT2D eigenvalue weighted by molar-refractivity contribution is 5.85. The van der Waals surface area contributed by atoms with Crippen LogP contribution < -0.4 is 5.73 Å². The molecule has 5 heteroatoms. The molecular formula is C16H23ClN4. The van der Waals surface area contributed by atoms with Gasteiger partial charge in [0.25, 0.3) is 0 Å². The van der Waals surface area contributed by atoms with Crippen molar-refractivity contribution in [2.24, 2.45) is 12.8 Å². The molecule has 1 aromatic heterocycles. The molecule has 1 aliphatic heterocycles. The minimum absolute atomic E-state index is 0. The zero-order chi connectivity index (χ0) is 14.1. The van der Waals surface area contributed by atoms with E-state index >= 15 is 0 Å². The Bertz CT molecular complexity index is 608. The maximum atomic E-state index is 6.00. The van der Waals surface area contributed by atoms with Crippen molar-refractivity contribution in [2.75, 3.05) is 13.1 Å². The average molecular weight is 307 g/mol. The predicted molar refractivity (Wildman–Crippen MR) is 88.5 cm³/mol. The van der Waals surface area contributed by atoms with Crippen molar-refractivity contribution >= 4 is 12.4 Å². The molecule has 1 unspecified atom stereocenters. The molecule has 0 amide bonds. The van der Waals surface area contributed by atoms with E-state index in [9.17, 15) is 0 Å². The Kier molecular flexibility index (Phi) is 5.04. The molecule has 2 aromatic rings. The zero-order valence-electron chi connectivity index (χ0n) is 12.6. The van der Waals surface area contributed by atoms with Gasteiger partial charge in [0.05, 0.1) is 6.20 Å². The van der Waals surface area contributed by atoms with Gasteiger partial charge in [-0.25, -0.2) is 0 Å². The lowest BCUT2D eigenvalue weighted by molar-refractivity contribution is 0.327. The Morgan fingerprint density at radius 1 is 1.38 bits per heavy atom. The van der Waals surface area contributed by atoms with Crippen LogP contribution in [0.1, 0.15) is 17.5 Å². The summed E-state index contributed by atoms with van der Waals surface area (Å²) in [6.45, 7) is 5.20. The highest BCUT2D eigenvalue weighted by Crippen LogP contribution is 2.26. The van der Waals surface area contributed by atoms with Crippen molar-refractivity contribution in [3.8, 4) is 11.1 Å². The fourth-order valence-electron chi connectivity index (χ4n) is 2.90. The number of benzene rings is 1. The van der Waals surface area contributed by atoms with Gasteiger partial charge in [-0.15, -0.1) is 12.4 Å². The minimum Gasteiger partial charge on any atom is -0.326 e. The Hall–Kier alpha value is -1.36. The summed E-state index contributed by atoms with van der Waals surface area (Å²) in [5.74, 6) is 0. The second-order valence-corrected chi connectivity index (χ2v) is 5.85. The van der Waals surface area contributed by atoms with Crippen LogP contribution in [0.4, 0.5) is 0 Å². The van der Waals surface area contributed by atoms with Crippen LogP contribution in [0.15, 0.2) is 30.6 Å². The molecule has 1 atom stereocenters. The number of halogens is 1. The fourth-order valence-corrected chi connectivity index (χ4v) is 2.90. The quantitative estimate of drug-likeness (QED) is 0.947. The number of nitrogens with zero attached hydrogens (tertiary/aromatic N) is 3. The molecule has 0 radical (unpaired) electrons.